The summed E-state index contributed by atoms with van der Waals surface area (Å²) in [6.07, 6.45) is -3.83. The largest absolute Gasteiger partial charge is 0.417 e. The second kappa shape index (κ2) is 5.42. The summed E-state index contributed by atoms with van der Waals surface area (Å²) in [5.41, 5.74) is 6.34. The molecule has 2 aromatic rings. The monoisotopic (exact) mass is 297 g/mol. The molecule has 0 atom stereocenters. The topological polar surface area (TPSA) is 43.8 Å². The van der Waals surface area contributed by atoms with Gasteiger partial charge in [-0.25, -0.2) is 0 Å². The Morgan fingerprint density at radius 3 is 2.43 bits per heavy atom. The summed E-state index contributed by atoms with van der Waals surface area (Å²) in [4.78, 5) is 0. The van der Waals surface area contributed by atoms with Gasteiger partial charge in [0.25, 0.3) is 0 Å². The van der Waals surface area contributed by atoms with Crippen molar-refractivity contribution in [3.63, 3.8) is 0 Å². The van der Waals surface area contributed by atoms with Gasteiger partial charge in [-0.1, -0.05) is 32.0 Å². The van der Waals surface area contributed by atoms with E-state index in [0.717, 1.165) is 6.07 Å². The standard InChI is InChI=1S/C15H18F3N3/c1-9(2)8-11-13(20-21(3)14(11)19)10-6-4-5-7-12(10)15(16,17)18/h4-7,9H,8,19H2,1-3H3. The Morgan fingerprint density at radius 1 is 1.24 bits per heavy atom. The third-order valence-electron chi connectivity index (χ3n) is 3.29. The van der Waals surface area contributed by atoms with E-state index in [1.165, 1.54) is 16.8 Å². The first-order valence-corrected chi connectivity index (χ1v) is 6.69. The van der Waals surface area contributed by atoms with Crippen molar-refractivity contribution in [3.8, 4) is 11.3 Å². The van der Waals surface area contributed by atoms with Crippen LogP contribution >= 0.6 is 0 Å². The molecule has 1 aromatic carbocycles. The van der Waals surface area contributed by atoms with Crippen LogP contribution in [0, 0.1) is 5.92 Å². The number of nitrogens with two attached hydrogens (primary N) is 1. The van der Waals surface area contributed by atoms with Gasteiger partial charge in [0.05, 0.1) is 11.3 Å². The number of nitrogen functional groups attached to an aromatic ring is 1. The van der Waals surface area contributed by atoms with Gasteiger partial charge in [-0.3, -0.25) is 4.68 Å². The van der Waals surface area contributed by atoms with Crippen LogP contribution in [0.15, 0.2) is 24.3 Å². The minimum atomic E-state index is -4.42. The van der Waals surface area contributed by atoms with Crippen LogP contribution in [-0.2, 0) is 19.6 Å². The third kappa shape index (κ3) is 3.04. The number of nitrogens with zero attached hydrogens (tertiary/aromatic N) is 2. The summed E-state index contributed by atoms with van der Waals surface area (Å²) in [7, 11) is 1.64. The van der Waals surface area contributed by atoms with Gasteiger partial charge >= 0.3 is 6.18 Å². The number of anilines is 1. The van der Waals surface area contributed by atoms with Crippen LogP contribution in [0.3, 0.4) is 0 Å². The SMILES string of the molecule is CC(C)Cc1c(-c2ccccc2C(F)(F)F)nn(C)c1N. The van der Waals surface area contributed by atoms with Gasteiger partial charge in [-0.15, -0.1) is 0 Å². The maximum atomic E-state index is 13.2. The predicted octanol–water partition coefficient (Wildman–Crippen LogP) is 3.89. The Bertz CT molecular complexity index is 642. The number of hydrogen-bond donors (Lipinski definition) is 1. The van der Waals surface area contributed by atoms with E-state index in [1.807, 2.05) is 13.8 Å². The van der Waals surface area contributed by atoms with Crippen molar-refractivity contribution in [3.05, 3.63) is 35.4 Å². The molecule has 2 N–H and O–H groups in total. The Labute approximate surface area is 121 Å². The predicted molar refractivity (Wildman–Crippen MR) is 76.6 cm³/mol. The molecule has 3 nitrogen and oxygen atoms in total. The fraction of sp³-hybridized carbons (Fsp3) is 0.400. The van der Waals surface area contributed by atoms with Gasteiger partial charge in [-0.05, 0) is 18.4 Å². The number of aryl methyl sites for hydroxylation is 1. The molecule has 0 saturated carbocycles. The Morgan fingerprint density at radius 2 is 1.86 bits per heavy atom. The van der Waals surface area contributed by atoms with Crippen molar-refractivity contribution >= 4 is 5.82 Å². The van der Waals surface area contributed by atoms with Crippen LogP contribution in [0.5, 0.6) is 0 Å². The van der Waals surface area contributed by atoms with E-state index in [2.05, 4.69) is 5.10 Å². The first-order valence-electron chi connectivity index (χ1n) is 6.69. The highest BCUT2D eigenvalue weighted by Gasteiger charge is 2.34. The molecule has 6 heteroatoms. The van der Waals surface area contributed by atoms with Crippen molar-refractivity contribution in [2.45, 2.75) is 26.4 Å². The molecular weight excluding hydrogens is 279 g/mol. The average Bonchev–Trinajstić information content (AvgIpc) is 2.65. The minimum absolute atomic E-state index is 0.0768. The third-order valence-corrected chi connectivity index (χ3v) is 3.29. The smallest absolute Gasteiger partial charge is 0.384 e. The van der Waals surface area contributed by atoms with Crippen molar-refractivity contribution in [2.24, 2.45) is 13.0 Å². The first-order chi connectivity index (χ1) is 9.71. The number of hydrogen-bond acceptors (Lipinski definition) is 2. The number of alkyl halides is 3. The molecule has 0 aliphatic rings. The Balaban J connectivity index is 2.66. The number of aromatic nitrogens is 2. The fourth-order valence-electron chi connectivity index (χ4n) is 2.34. The van der Waals surface area contributed by atoms with E-state index in [4.69, 9.17) is 5.73 Å². The first kappa shape index (κ1) is 15.4. The number of benzene rings is 1. The van der Waals surface area contributed by atoms with Gasteiger partial charge in [0.1, 0.15) is 5.82 Å². The summed E-state index contributed by atoms with van der Waals surface area (Å²) in [5.74, 6) is 0.684. The van der Waals surface area contributed by atoms with E-state index in [1.54, 1.807) is 13.1 Å². The molecule has 0 unspecified atom stereocenters. The zero-order chi connectivity index (χ0) is 15.8. The normalized spacial score (nSPS) is 12.1. The minimum Gasteiger partial charge on any atom is -0.384 e. The van der Waals surface area contributed by atoms with E-state index < -0.39 is 11.7 Å². The van der Waals surface area contributed by atoms with Gasteiger partial charge in [0.15, 0.2) is 0 Å². The Hall–Kier alpha value is -1.98. The van der Waals surface area contributed by atoms with Gasteiger partial charge in [0, 0.05) is 18.2 Å². The van der Waals surface area contributed by atoms with E-state index in [9.17, 15) is 13.2 Å². The zero-order valence-electron chi connectivity index (χ0n) is 12.2. The molecule has 1 heterocycles. The number of rotatable bonds is 3. The van der Waals surface area contributed by atoms with Crippen molar-refractivity contribution in [1.82, 2.24) is 9.78 Å². The fourth-order valence-corrected chi connectivity index (χ4v) is 2.34. The van der Waals surface area contributed by atoms with Crippen LogP contribution in [-0.4, -0.2) is 9.78 Å². The lowest BCUT2D eigenvalue weighted by Crippen LogP contribution is -2.08. The summed E-state index contributed by atoms with van der Waals surface area (Å²) >= 11 is 0. The summed E-state index contributed by atoms with van der Waals surface area (Å²) < 4.78 is 40.9. The van der Waals surface area contributed by atoms with Crippen LogP contribution in [0.4, 0.5) is 19.0 Å². The Kier molecular flexibility index (Phi) is 3.98. The lowest BCUT2D eigenvalue weighted by molar-refractivity contribution is -0.137. The molecule has 0 bridgehead atoms. The van der Waals surface area contributed by atoms with E-state index >= 15 is 0 Å². The second-order valence-electron chi connectivity index (χ2n) is 5.48. The zero-order valence-corrected chi connectivity index (χ0v) is 12.2. The van der Waals surface area contributed by atoms with Gasteiger partial charge in [0.2, 0.25) is 0 Å². The molecule has 0 fully saturated rings. The van der Waals surface area contributed by atoms with Gasteiger partial charge in [-0.2, -0.15) is 18.3 Å². The van der Waals surface area contributed by atoms with Crippen molar-refractivity contribution in [1.29, 1.82) is 0 Å². The van der Waals surface area contributed by atoms with Crippen LogP contribution in [0.1, 0.15) is 25.0 Å². The maximum absolute atomic E-state index is 13.2. The van der Waals surface area contributed by atoms with Crippen LogP contribution < -0.4 is 5.73 Å². The van der Waals surface area contributed by atoms with Crippen LogP contribution in [0.25, 0.3) is 11.3 Å². The van der Waals surface area contributed by atoms with E-state index in [-0.39, 0.29) is 11.5 Å². The van der Waals surface area contributed by atoms with Crippen molar-refractivity contribution < 1.29 is 13.2 Å². The van der Waals surface area contributed by atoms with Gasteiger partial charge < -0.3 is 5.73 Å². The molecular formula is C15H18F3N3. The molecule has 0 spiro atoms. The quantitative estimate of drug-likeness (QED) is 0.934. The molecule has 114 valence electrons. The van der Waals surface area contributed by atoms with E-state index in [0.29, 0.717) is 23.5 Å². The lowest BCUT2D eigenvalue weighted by Gasteiger charge is -2.13. The van der Waals surface area contributed by atoms with Crippen LogP contribution in [0.2, 0.25) is 0 Å². The maximum Gasteiger partial charge on any atom is 0.417 e. The molecule has 0 saturated heterocycles. The molecule has 0 radical (unpaired) electrons. The highest BCUT2D eigenvalue weighted by molar-refractivity contribution is 5.71. The molecule has 0 amide bonds. The lowest BCUT2D eigenvalue weighted by atomic mass is 9.96. The molecule has 0 aliphatic carbocycles. The molecule has 2 rings (SSSR count). The summed E-state index contributed by atoms with van der Waals surface area (Å²) in [6.45, 7) is 3.98. The molecule has 21 heavy (non-hydrogen) atoms. The summed E-state index contributed by atoms with van der Waals surface area (Å²) in [6, 6.07) is 5.46. The van der Waals surface area contributed by atoms with Crippen molar-refractivity contribution in [2.75, 3.05) is 5.73 Å². The summed E-state index contributed by atoms with van der Waals surface area (Å²) in [5, 5.41) is 4.20. The molecule has 0 aliphatic heterocycles. The average molecular weight is 297 g/mol. The number of halogens is 3. The highest BCUT2D eigenvalue weighted by Crippen LogP contribution is 2.39. The highest BCUT2D eigenvalue weighted by atomic mass is 19.4. The molecule has 1 aromatic heterocycles. The second-order valence-corrected chi connectivity index (χ2v) is 5.48.